The van der Waals surface area contributed by atoms with Gasteiger partial charge < -0.3 is 10.4 Å². The number of nitrogens with zero attached hydrogens (tertiary/aromatic N) is 1. The summed E-state index contributed by atoms with van der Waals surface area (Å²) in [6, 6.07) is 6.49. The molecular weight excluding hydrogens is 334 g/mol. The standard InChI is InChI=1S/C19H25N3O4/c1-4-5-6-14(10-18(24)25)20-19(26)15-11-17(23)22(21-15)16-9-12(2)7-8-13(16)3/h7-9,11,14,21H,4-6,10H2,1-3H3,(H,20,26)(H,24,25). The second-order valence-electron chi connectivity index (χ2n) is 6.54. The van der Waals surface area contributed by atoms with Crippen LogP contribution in [0.4, 0.5) is 0 Å². The molecule has 2 aromatic rings. The number of hydrogen-bond donors (Lipinski definition) is 3. The molecule has 3 N–H and O–H groups in total. The Morgan fingerprint density at radius 2 is 2.00 bits per heavy atom. The number of aromatic nitrogens is 2. The minimum atomic E-state index is -0.965. The van der Waals surface area contributed by atoms with Crippen LogP contribution in [0.1, 0.15) is 54.2 Å². The summed E-state index contributed by atoms with van der Waals surface area (Å²) in [6.07, 6.45) is 2.16. The van der Waals surface area contributed by atoms with Crippen LogP contribution in [-0.4, -0.2) is 32.8 Å². The van der Waals surface area contributed by atoms with E-state index in [2.05, 4.69) is 10.4 Å². The molecule has 1 heterocycles. The highest BCUT2D eigenvalue weighted by Gasteiger charge is 2.19. The molecule has 0 aliphatic carbocycles. The Labute approximate surface area is 152 Å². The van der Waals surface area contributed by atoms with E-state index >= 15 is 0 Å². The molecule has 0 fully saturated rings. The quantitative estimate of drug-likeness (QED) is 0.674. The van der Waals surface area contributed by atoms with Gasteiger partial charge >= 0.3 is 5.97 Å². The fourth-order valence-corrected chi connectivity index (χ4v) is 2.80. The summed E-state index contributed by atoms with van der Waals surface area (Å²) >= 11 is 0. The van der Waals surface area contributed by atoms with E-state index in [4.69, 9.17) is 5.11 Å². The van der Waals surface area contributed by atoms with E-state index in [1.165, 1.54) is 10.7 Å². The van der Waals surface area contributed by atoms with Crippen LogP contribution in [0.2, 0.25) is 0 Å². The zero-order valence-electron chi connectivity index (χ0n) is 15.3. The number of carbonyl (C=O) groups is 2. The Kier molecular flexibility index (Phi) is 6.38. The number of amides is 1. The fraction of sp³-hybridized carbons (Fsp3) is 0.421. The Balaban J connectivity index is 2.23. The fourth-order valence-electron chi connectivity index (χ4n) is 2.80. The average Bonchev–Trinajstić information content (AvgIpc) is 2.96. The van der Waals surface area contributed by atoms with Gasteiger partial charge in [-0.15, -0.1) is 0 Å². The zero-order chi connectivity index (χ0) is 19.3. The first-order valence-corrected chi connectivity index (χ1v) is 8.74. The van der Waals surface area contributed by atoms with Crippen molar-refractivity contribution in [3.63, 3.8) is 0 Å². The molecule has 0 saturated carbocycles. The van der Waals surface area contributed by atoms with Gasteiger partial charge in [0, 0.05) is 12.1 Å². The molecule has 0 radical (unpaired) electrons. The number of H-pyrrole nitrogens is 1. The van der Waals surface area contributed by atoms with Gasteiger partial charge in [-0.05, 0) is 37.5 Å². The molecule has 2 rings (SSSR count). The number of carboxylic acids is 1. The predicted octanol–water partition coefficient (Wildman–Crippen LogP) is 2.55. The van der Waals surface area contributed by atoms with Gasteiger partial charge in [0.05, 0.1) is 12.1 Å². The summed E-state index contributed by atoms with van der Waals surface area (Å²) in [6.45, 7) is 5.81. The molecule has 140 valence electrons. The average molecular weight is 359 g/mol. The van der Waals surface area contributed by atoms with Crippen molar-refractivity contribution in [1.29, 1.82) is 0 Å². The number of nitrogens with one attached hydrogen (secondary N) is 2. The van der Waals surface area contributed by atoms with Crippen LogP contribution < -0.4 is 10.9 Å². The summed E-state index contributed by atoms with van der Waals surface area (Å²) in [5.74, 6) is -1.44. The van der Waals surface area contributed by atoms with Crippen LogP contribution in [0.25, 0.3) is 5.69 Å². The summed E-state index contributed by atoms with van der Waals surface area (Å²) in [4.78, 5) is 35.8. The van der Waals surface area contributed by atoms with Gasteiger partial charge in [-0.25, -0.2) is 4.68 Å². The third-order valence-corrected chi connectivity index (χ3v) is 4.23. The van der Waals surface area contributed by atoms with Crippen LogP contribution >= 0.6 is 0 Å². The highest BCUT2D eigenvalue weighted by Crippen LogP contribution is 2.14. The van der Waals surface area contributed by atoms with Crippen LogP contribution in [0.5, 0.6) is 0 Å². The third kappa shape index (κ3) is 4.84. The van der Waals surface area contributed by atoms with E-state index in [-0.39, 0.29) is 17.7 Å². The molecule has 7 nitrogen and oxygen atoms in total. The molecule has 7 heteroatoms. The van der Waals surface area contributed by atoms with Crippen molar-refractivity contribution in [3.8, 4) is 5.69 Å². The first-order chi connectivity index (χ1) is 12.3. The monoisotopic (exact) mass is 359 g/mol. The second kappa shape index (κ2) is 8.51. The van der Waals surface area contributed by atoms with Gasteiger partial charge in [-0.3, -0.25) is 19.5 Å². The van der Waals surface area contributed by atoms with E-state index in [9.17, 15) is 14.4 Å². The summed E-state index contributed by atoms with van der Waals surface area (Å²) in [5.41, 5.74) is 2.36. The molecule has 1 unspecified atom stereocenters. The number of benzene rings is 1. The van der Waals surface area contributed by atoms with Gasteiger partial charge in [0.25, 0.3) is 11.5 Å². The lowest BCUT2D eigenvalue weighted by atomic mass is 10.1. The molecule has 1 amide bonds. The van der Waals surface area contributed by atoms with Gasteiger partial charge in [0.15, 0.2) is 0 Å². The molecule has 1 aromatic heterocycles. The van der Waals surface area contributed by atoms with Gasteiger partial charge in [-0.1, -0.05) is 31.9 Å². The van der Waals surface area contributed by atoms with Gasteiger partial charge in [0.1, 0.15) is 5.69 Å². The van der Waals surface area contributed by atoms with Crippen molar-refractivity contribution < 1.29 is 14.7 Å². The van der Waals surface area contributed by atoms with Crippen LogP contribution in [0.3, 0.4) is 0 Å². The molecule has 0 bridgehead atoms. The predicted molar refractivity (Wildman–Crippen MR) is 98.9 cm³/mol. The van der Waals surface area contributed by atoms with Crippen LogP contribution in [0.15, 0.2) is 29.1 Å². The Hall–Kier alpha value is -2.83. The third-order valence-electron chi connectivity index (χ3n) is 4.23. The maximum absolute atomic E-state index is 12.5. The largest absolute Gasteiger partial charge is 0.481 e. The van der Waals surface area contributed by atoms with E-state index < -0.39 is 17.9 Å². The van der Waals surface area contributed by atoms with E-state index in [1.807, 2.05) is 39.0 Å². The smallest absolute Gasteiger partial charge is 0.305 e. The van der Waals surface area contributed by atoms with E-state index in [0.717, 1.165) is 24.0 Å². The number of aryl methyl sites for hydroxylation is 2. The first-order valence-electron chi connectivity index (χ1n) is 8.74. The van der Waals surface area contributed by atoms with Gasteiger partial charge in [-0.2, -0.15) is 0 Å². The lowest BCUT2D eigenvalue weighted by molar-refractivity contribution is -0.137. The minimum Gasteiger partial charge on any atom is -0.481 e. The van der Waals surface area contributed by atoms with Crippen LogP contribution in [0, 0.1) is 13.8 Å². The molecule has 0 saturated heterocycles. The second-order valence-corrected chi connectivity index (χ2v) is 6.54. The number of aliphatic carboxylic acids is 1. The van der Waals surface area contributed by atoms with Crippen molar-refractivity contribution in [2.75, 3.05) is 0 Å². The lowest BCUT2D eigenvalue weighted by Crippen LogP contribution is -2.36. The van der Waals surface area contributed by atoms with Crippen molar-refractivity contribution in [3.05, 3.63) is 51.4 Å². The van der Waals surface area contributed by atoms with Crippen LogP contribution in [-0.2, 0) is 4.79 Å². The minimum absolute atomic E-state index is 0.114. The topological polar surface area (TPSA) is 104 Å². The zero-order valence-corrected chi connectivity index (χ0v) is 15.3. The molecular formula is C19H25N3O4. The SMILES string of the molecule is CCCCC(CC(=O)O)NC(=O)c1cc(=O)n(-c2cc(C)ccc2C)[nH]1. The maximum Gasteiger partial charge on any atom is 0.305 e. The highest BCUT2D eigenvalue weighted by molar-refractivity contribution is 5.92. The Morgan fingerprint density at radius 3 is 2.65 bits per heavy atom. The van der Waals surface area contributed by atoms with Crippen molar-refractivity contribution in [2.24, 2.45) is 0 Å². The number of aromatic amines is 1. The maximum atomic E-state index is 12.5. The van der Waals surface area contributed by atoms with Crippen molar-refractivity contribution in [1.82, 2.24) is 15.1 Å². The van der Waals surface area contributed by atoms with Gasteiger partial charge in [0.2, 0.25) is 0 Å². The number of rotatable bonds is 8. The number of carbonyl (C=O) groups excluding carboxylic acids is 1. The first kappa shape index (κ1) is 19.5. The van der Waals surface area contributed by atoms with Crippen molar-refractivity contribution in [2.45, 2.75) is 52.5 Å². The molecule has 0 aliphatic rings. The molecule has 1 atom stereocenters. The lowest BCUT2D eigenvalue weighted by Gasteiger charge is -2.16. The summed E-state index contributed by atoms with van der Waals surface area (Å²) in [7, 11) is 0. The Morgan fingerprint density at radius 1 is 1.27 bits per heavy atom. The molecule has 26 heavy (non-hydrogen) atoms. The number of carboxylic acid groups (broad SMARTS) is 1. The highest BCUT2D eigenvalue weighted by atomic mass is 16.4. The number of unbranched alkanes of at least 4 members (excludes halogenated alkanes) is 1. The summed E-state index contributed by atoms with van der Waals surface area (Å²) < 4.78 is 1.33. The summed E-state index contributed by atoms with van der Waals surface area (Å²) in [5, 5.41) is 14.5. The normalized spacial score (nSPS) is 12.0. The Bertz CT molecular complexity index is 851. The van der Waals surface area contributed by atoms with E-state index in [1.54, 1.807) is 0 Å². The molecule has 1 aromatic carbocycles. The molecule has 0 spiro atoms. The van der Waals surface area contributed by atoms with E-state index in [0.29, 0.717) is 12.1 Å². The van der Waals surface area contributed by atoms with Crippen molar-refractivity contribution >= 4 is 11.9 Å². The molecule has 0 aliphatic heterocycles. The number of hydrogen-bond acceptors (Lipinski definition) is 3.